The summed E-state index contributed by atoms with van der Waals surface area (Å²) in [6.45, 7) is 8.57. The predicted molar refractivity (Wildman–Crippen MR) is 104 cm³/mol. The molecule has 0 aromatic carbocycles. The molecular formula is C20H27N5O4. The Balaban J connectivity index is 1.79. The van der Waals surface area contributed by atoms with Gasteiger partial charge in [0.1, 0.15) is 35.7 Å². The molecule has 0 spiro atoms. The fourth-order valence-corrected chi connectivity index (χ4v) is 4.42. The van der Waals surface area contributed by atoms with Gasteiger partial charge in [0.2, 0.25) is 5.60 Å². The summed E-state index contributed by atoms with van der Waals surface area (Å²) < 4.78 is 26.3. The Morgan fingerprint density at radius 1 is 1.31 bits per heavy atom. The quantitative estimate of drug-likeness (QED) is 0.732. The molecule has 2 aliphatic heterocycles. The first-order chi connectivity index (χ1) is 13.8. The van der Waals surface area contributed by atoms with Crippen molar-refractivity contribution in [2.75, 3.05) is 18.9 Å². The van der Waals surface area contributed by atoms with Gasteiger partial charge in [-0.15, -0.1) is 0 Å². The van der Waals surface area contributed by atoms with E-state index in [0.717, 1.165) is 12.8 Å². The SMILES string of the molecule is CCCCOC[C@H]1O[C@@](C#N)(c2ccc3c(N)ncnn23)[C@]2(C)OC(C)(C)O[C@H]12. The van der Waals surface area contributed by atoms with E-state index in [0.29, 0.717) is 30.2 Å². The monoisotopic (exact) mass is 401 g/mol. The van der Waals surface area contributed by atoms with Gasteiger partial charge in [0.25, 0.3) is 0 Å². The summed E-state index contributed by atoms with van der Waals surface area (Å²) >= 11 is 0. The molecule has 2 saturated heterocycles. The summed E-state index contributed by atoms with van der Waals surface area (Å²) in [5.74, 6) is -0.545. The molecule has 0 amide bonds. The van der Waals surface area contributed by atoms with Gasteiger partial charge >= 0.3 is 0 Å². The number of hydrogen-bond donors (Lipinski definition) is 1. The lowest BCUT2D eigenvalue weighted by Gasteiger charge is -2.35. The number of unbranched alkanes of at least 4 members (excludes halogenated alkanes) is 1. The molecule has 4 atom stereocenters. The summed E-state index contributed by atoms with van der Waals surface area (Å²) in [5, 5.41) is 14.7. The Labute approximate surface area is 169 Å². The van der Waals surface area contributed by atoms with Crippen LogP contribution in [0.5, 0.6) is 0 Å². The highest BCUT2D eigenvalue weighted by Gasteiger charge is 2.73. The second-order valence-electron chi connectivity index (χ2n) is 8.19. The number of fused-ring (bicyclic) bond motifs is 2. The topological polar surface area (TPSA) is 117 Å². The third-order valence-corrected chi connectivity index (χ3v) is 5.70. The fraction of sp³-hybridized carbons (Fsp3) is 0.650. The number of anilines is 1. The van der Waals surface area contributed by atoms with E-state index >= 15 is 0 Å². The van der Waals surface area contributed by atoms with Gasteiger partial charge < -0.3 is 24.7 Å². The van der Waals surface area contributed by atoms with Crippen molar-refractivity contribution in [3.8, 4) is 6.07 Å². The lowest BCUT2D eigenvalue weighted by molar-refractivity contribution is -0.224. The van der Waals surface area contributed by atoms with Crippen LogP contribution in [0.4, 0.5) is 5.82 Å². The number of nitrogens with two attached hydrogens (primary N) is 1. The molecule has 0 radical (unpaired) electrons. The van der Waals surface area contributed by atoms with E-state index in [-0.39, 0.29) is 0 Å². The normalized spacial score (nSPS) is 33.1. The second kappa shape index (κ2) is 6.92. The maximum Gasteiger partial charge on any atom is 0.228 e. The Morgan fingerprint density at radius 2 is 2.10 bits per heavy atom. The average Bonchev–Trinajstić information content (AvgIpc) is 3.27. The lowest BCUT2D eigenvalue weighted by Crippen LogP contribution is -2.51. The maximum absolute atomic E-state index is 10.4. The van der Waals surface area contributed by atoms with Crippen molar-refractivity contribution in [2.45, 2.75) is 69.7 Å². The maximum atomic E-state index is 10.4. The van der Waals surface area contributed by atoms with Crippen molar-refractivity contribution in [3.05, 3.63) is 24.2 Å². The van der Waals surface area contributed by atoms with E-state index in [1.165, 1.54) is 6.33 Å². The Kier molecular flexibility index (Phi) is 4.78. The van der Waals surface area contributed by atoms with Crippen LogP contribution >= 0.6 is 0 Å². The number of ether oxygens (including phenoxy) is 4. The van der Waals surface area contributed by atoms with E-state index in [1.807, 2.05) is 20.8 Å². The number of aromatic nitrogens is 3. The highest BCUT2D eigenvalue weighted by Crippen LogP contribution is 2.56. The molecule has 0 saturated carbocycles. The molecule has 0 bridgehead atoms. The van der Waals surface area contributed by atoms with E-state index in [9.17, 15) is 5.26 Å². The standard InChI is InChI=1S/C20H27N5O4/c1-5-6-9-26-10-14-16-19(4,29-18(2,3)28-16)20(11-21,27-14)15-8-7-13-17(22)23-12-24-25(13)15/h7-8,12,14,16H,5-6,9-10H2,1-4H3,(H2,22,23,24)/t14-,16-,19-,20+/m1/s1. The van der Waals surface area contributed by atoms with Crippen LogP contribution in [0.25, 0.3) is 5.52 Å². The first-order valence-electron chi connectivity index (χ1n) is 9.91. The van der Waals surface area contributed by atoms with Crippen LogP contribution in [0.2, 0.25) is 0 Å². The van der Waals surface area contributed by atoms with Gasteiger partial charge in [-0.3, -0.25) is 0 Å². The molecule has 2 aromatic rings. The summed E-state index contributed by atoms with van der Waals surface area (Å²) in [6, 6.07) is 5.92. The van der Waals surface area contributed by atoms with Crippen LogP contribution in [0, 0.1) is 11.3 Å². The first kappa shape index (κ1) is 20.0. The van der Waals surface area contributed by atoms with Crippen LogP contribution in [0.3, 0.4) is 0 Å². The molecule has 0 unspecified atom stereocenters. The van der Waals surface area contributed by atoms with Crippen molar-refractivity contribution >= 4 is 11.3 Å². The number of rotatable bonds is 6. The van der Waals surface area contributed by atoms with Crippen LogP contribution in [-0.4, -0.2) is 51.4 Å². The number of nitrogens with zero attached hydrogens (tertiary/aromatic N) is 4. The third-order valence-electron chi connectivity index (χ3n) is 5.70. The van der Waals surface area contributed by atoms with Crippen molar-refractivity contribution < 1.29 is 18.9 Å². The molecule has 2 N–H and O–H groups in total. The molecule has 156 valence electrons. The molecule has 0 aliphatic carbocycles. The summed E-state index contributed by atoms with van der Waals surface area (Å²) in [7, 11) is 0. The molecule has 4 heterocycles. The van der Waals surface area contributed by atoms with Gasteiger partial charge in [0.15, 0.2) is 11.6 Å². The van der Waals surface area contributed by atoms with Crippen molar-refractivity contribution in [1.82, 2.24) is 14.6 Å². The number of nitrogen functional groups attached to an aromatic ring is 1. The molecule has 2 aromatic heterocycles. The average molecular weight is 401 g/mol. The second-order valence-corrected chi connectivity index (χ2v) is 8.19. The first-order valence-corrected chi connectivity index (χ1v) is 9.91. The fourth-order valence-electron chi connectivity index (χ4n) is 4.42. The van der Waals surface area contributed by atoms with Gasteiger partial charge in [-0.2, -0.15) is 10.4 Å². The van der Waals surface area contributed by atoms with Crippen molar-refractivity contribution in [3.63, 3.8) is 0 Å². The molecule has 29 heavy (non-hydrogen) atoms. The van der Waals surface area contributed by atoms with Crippen LogP contribution in [0.15, 0.2) is 18.5 Å². The lowest BCUT2D eigenvalue weighted by atomic mass is 9.80. The van der Waals surface area contributed by atoms with Gasteiger partial charge in [-0.1, -0.05) is 13.3 Å². The zero-order valence-electron chi connectivity index (χ0n) is 17.2. The predicted octanol–water partition coefficient (Wildman–Crippen LogP) is 2.16. The van der Waals surface area contributed by atoms with E-state index < -0.39 is 29.2 Å². The van der Waals surface area contributed by atoms with Gasteiger partial charge in [0, 0.05) is 6.61 Å². The van der Waals surface area contributed by atoms with Crippen LogP contribution in [-0.2, 0) is 24.5 Å². The summed E-state index contributed by atoms with van der Waals surface area (Å²) in [6.07, 6.45) is 2.40. The molecule has 2 aliphatic rings. The van der Waals surface area contributed by atoms with Gasteiger partial charge in [0.05, 0.1) is 12.3 Å². The Bertz CT molecular complexity index is 954. The number of nitriles is 1. The smallest absolute Gasteiger partial charge is 0.228 e. The Hall–Kier alpha value is -2.25. The minimum absolute atomic E-state index is 0.309. The zero-order valence-corrected chi connectivity index (χ0v) is 17.2. The van der Waals surface area contributed by atoms with Crippen molar-refractivity contribution in [2.24, 2.45) is 0 Å². The molecule has 4 rings (SSSR count). The molecule has 2 fully saturated rings. The van der Waals surface area contributed by atoms with Gasteiger partial charge in [-0.25, -0.2) is 9.50 Å². The largest absolute Gasteiger partial charge is 0.382 e. The molecular weight excluding hydrogens is 374 g/mol. The highest BCUT2D eigenvalue weighted by atomic mass is 16.8. The molecule has 9 heteroatoms. The zero-order chi connectivity index (χ0) is 20.9. The Morgan fingerprint density at radius 3 is 2.83 bits per heavy atom. The van der Waals surface area contributed by atoms with Crippen LogP contribution < -0.4 is 5.73 Å². The minimum atomic E-state index is -1.46. The number of hydrogen-bond acceptors (Lipinski definition) is 8. The van der Waals surface area contributed by atoms with E-state index in [2.05, 4.69) is 23.1 Å². The van der Waals surface area contributed by atoms with Gasteiger partial charge in [-0.05, 0) is 39.3 Å². The van der Waals surface area contributed by atoms with Crippen LogP contribution in [0.1, 0.15) is 46.2 Å². The third kappa shape index (κ3) is 2.90. The summed E-state index contributed by atoms with van der Waals surface area (Å²) in [4.78, 5) is 4.02. The van der Waals surface area contributed by atoms with E-state index in [4.69, 9.17) is 24.7 Å². The minimum Gasteiger partial charge on any atom is -0.382 e. The van der Waals surface area contributed by atoms with E-state index in [1.54, 1.807) is 16.6 Å². The molecule has 9 nitrogen and oxygen atoms in total. The van der Waals surface area contributed by atoms with Crippen molar-refractivity contribution in [1.29, 1.82) is 5.26 Å². The summed E-state index contributed by atoms with van der Waals surface area (Å²) in [5.41, 5.74) is 4.57. The highest BCUT2D eigenvalue weighted by molar-refractivity contribution is 5.66.